The van der Waals surface area contributed by atoms with Gasteiger partial charge in [-0.05, 0) is 49.6 Å². The molecule has 0 radical (unpaired) electrons. The summed E-state index contributed by atoms with van der Waals surface area (Å²) in [7, 11) is -4.00. The molecule has 2 aromatic rings. The lowest BCUT2D eigenvalue weighted by Crippen LogP contribution is -2.53. The molecule has 0 aromatic heterocycles. The Morgan fingerprint density at radius 3 is 2.18 bits per heavy atom. The van der Waals surface area contributed by atoms with Crippen molar-refractivity contribution in [3.05, 3.63) is 61.0 Å². The van der Waals surface area contributed by atoms with Gasteiger partial charge in [-0.15, -0.1) is 0 Å². The Morgan fingerprint density at radius 2 is 1.58 bits per heavy atom. The molecule has 7 nitrogen and oxygen atoms in total. The zero-order chi connectivity index (χ0) is 28.2. The molecule has 0 bridgehead atoms. The highest BCUT2D eigenvalue weighted by Gasteiger charge is 2.32. The number of amides is 2. The zero-order valence-electron chi connectivity index (χ0n) is 20.8. The number of hydrogen-bond acceptors (Lipinski definition) is 4. The van der Waals surface area contributed by atoms with E-state index in [1.807, 2.05) is 0 Å². The van der Waals surface area contributed by atoms with Gasteiger partial charge in [-0.25, -0.2) is 8.42 Å². The van der Waals surface area contributed by atoms with Gasteiger partial charge in [-0.2, -0.15) is 0 Å². The molecule has 2 aromatic carbocycles. The predicted octanol–water partition coefficient (Wildman–Crippen LogP) is 6.59. The van der Waals surface area contributed by atoms with E-state index in [0.717, 1.165) is 42.7 Å². The Bertz CT molecular complexity index is 1300. The first kappa shape index (κ1) is 31.1. The van der Waals surface area contributed by atoms with Crippen LogP contribution in [0.15, 0.2) is 30.3 Å². The molecule has 1 atom stereocenters. The fourth-order valence-corrected chi connectivity index (χ4v) is 6.30. The second-order valence-electron chi connectivity index (χ2n) is 9.26. The average molecular weight is 644 g/mol. The first-order chi connectivity index (χ1) is 17.8. The molecular weight excluding hydrogens is 616 g/mol. The Kier molecular flexibility index (Phi) is 10.9. The van der Waals surface area contributed by atoms with Crippen molar-refractivity contribution < 1.29 is 18.0 Å². The van der Waals surface area contributed by atoms with Crippen LogP contribution in [0.1, 0.15) is 44.6 Å². The summed E-state index contributed by atoms with van der Waals surface area (Å²) in [4.78, 5) is 28.2. The van der Waals surface area contributed by atoms with Crippen molar-refractivity contribution in [3.63, 3.8) is 0 Å². The van der Waals surface area contributed by atoms with Crippen LogP contribution in [0.5, 0.6) is 0 Å². The molecule has 0 spiro atoms. The van der Waals surface area contributed by atoms with E-state index in [1.54, 1.807) is 19.1 Å². The van der Waals surface area contributed by atoms with Crippen LogP contribution in [-0.4, -0.2) is 50.0 Å². The van der Waals surface area contributed by atoms with E-state index < -0.39 is 28.5 Å². The van der Waals surface area contributed by atoms with Gasteiger partial charge in [0.15, 0.2) is 0 Å². The van der Waals surface area contributed by atoms with Crippen molar-refractivity contribution in [2.75, 3.05) is 17.1 Å². The fourth-order valence-electron chi connectivity index (χ4n) is 4.28. The molecule has 38 heavy (non-hydrogen) atoms. The highest BCUT2D eigenvalue weighted by molar-refractivity contribution is 7.92. The molecule has 1 saturated carbocycles. The van der Waals surface area contributed by atoms with Gasteiger partial charge in [0.25, 0.3) is 0 Å². The summed E-state index contributed by atoms with van der Waals surface area (Å²) in [6, 6.07) is 6.48. The largest absolute Gasteiger partial charge is 0.352 e. The number of anilines is 1. The van der Waals surface area contributed by atoms with Crippen molar-refractivity contribution in [3.8, 4) is 0 Å². The smallest absolute Gasteiger partial charge is 0.244 e. The third-order valence-electron chi connectivity index (χ3n) is 6.41. The monoisotopic (exact) mass is 641 g/mol. The predicted molar refractivity (Wildman–Crippen MR) is 155 cm³/mol. The lowest BCUT2D eigenvalue weighted by atomic mass is 9.95. The van der Waals surface area contributed by atoms with Crippen LogP contribution in [0.25, 0.3) is 0 Å². The number of benzene rings is 2. The summed E-state index contributed by atoms with van der Waals surface area (Å²) in [5, 5.41) is 3.94. The first-order valence-electron chi connectivity index (χ1n) is 11.9. The molecule has 1 aliphatic carbocycles. The lowest BCUT2D eigenvalue weighted by Gasteiger charge is -2.33. The van der Waals surface area contributed by atoms with Crippen LogP contribution in [0, 0.1) is 0 Å². The van der Waals surface area contributed by atoms with Crippen molar-refractivity contribution in [2.24, 2.45) is 0 Å². The number of rotatable bonds is 9. The Labute approximate surface area is 248 Å². The van der Waals surface area contributed by atoms with E-state index in [9.17, 15) is 18.0 Å². The molecule has 0 heterocycles. The Morgan fingerprint density at radius 1 is 0.947 bits per heavy atom. The number of carbonyl (C=O) groups excluding carboxylic acids is 2. The van der Waals surface area contributed by atoms with Gasteiger partial charge < -0.3 is 10.2 Å². The standard InChI is InChI=1S/C25H28Cl5N3O4S/c1-15(25(35)31-18-6-4-3-5-7-18)32(13-16-8-9-17(26)10-19(16)27)24(34)14-33(38(2,36)37)23-12-21(29)20(28)11-22(23)30/h8-12,15,18H,3-7,13-14H2,1-2H3,(H,31,35)/t15-/m1/s1. The van der Waals surface area contributed by atoms with E-state index in [1.165, 1.54) is 23.1 Å². The number of halogens is 5. The maximum Gasteiger partial charge on any atom is 0.244 e. The molecule has 13 heteroatoms. The average Bonchev–Trinajstić information content (AvgIpc) is 2.84. The Balaban J connectivity index is 1.94. The second kappa shape index (κ2) is 13.3. The lowest BCUT2D eigenvalue weighted by molar-refractivity contribution is -0.139. The fraction of sp³-hybridized carbons (Fsp3) is 0.440. The van der Waals surface area contributed by atoms with Crippen molar-refractivity contribution in [1.82, 2.24) is 10.2 Å². The quantitative estimate of drug-likeness (QED) is 0.313. The first-order valence-corrected chi connectivity index (χ1v) is 15.7. The van der Waals surface area contributed by atoms with Gasteiger partial charge in [0.2, 0.25) is 21.8 Å². The molecule has 2 amide bonds. The summed E-state index contributed by atoms with van der Waals surface area (Å²) in [5.74, 6) is -0.983. The molecule has 0 unspecified atom stereocenters. The van der Waals surface area contributed by atoms with Crippen LogP contribution >= 0.6 is 58.0 Å². The van der Waals surface area contributed by atoms with E-state index >= 15 is 0 Å². The summed E-state index contributed by atoms with van der Waals surface area (Å²) in [6.45, 7) is 0.903. The molecule has 1 fully saturated rings. The van der Waals surface area contributed by atoms with Crippen LogP contribution < -0.4 is 9.62 Å². The van der Waals surface area contributed by atoms with Crippen LogP contribution in [0.4, 0.5) is 5.69 Å². The minimum absolute atomic E-state index is 0.00647. The third kappa shape index (κ3) is 8.05. The van der Waals surface area contributed by atoms with Crippen LogP contribution in [0.2, 0.25) is 25.1 Å². The summed E-state index contributed by atoms with van der Waals surface area (Å²) >= 11 is 30.8. The molecule has 0 aliphatic heterocycles. The third-order valence-corrected chi connectivity index (χ3v) is 9.15. The topological polar surface area (TPSA) is 86.8 Å². The molecular formula is C25H28Cl5N3O4S. The maximum absolute atomic E-state index is 13.7. The van der Waals surface area contributed by atoms with Crippen LogP contribution in [0.3, 0.4) is 0 Å². The van der Waals surface area contributed by atoms with E-state index in [-0.39, 0.29) is 39.2 Å². The number of carbonyl (C=O) groups is 2. The SMILES string of the molecule is C[C@H](C(=O)NC1CCCCC1)N(Cc1ccc(Cl)cc1Cl)C(=O)CN(c1cc(Cl)c(Cl)cc1Cl)S(C)(=O)=O. The molecule has 208 valence electrons. The van der Waals surface area contributed by atoms with Gasteiger partial charge in [0, 0.05) is 22.6 Å². The number of nitrogens with zero attached hydrogens (tertiary/aromatic N) is 2. The minimum atomic E-state index is -4.00. The van der Waals surface area contributed by atoms with Crippen molar-refractivity contribution in [1.29, 1.82) is 0 Å². The molecule has 3 rings (SSSR count). The maximum atomic E-state index is 13.7. The van der Waals surface area contributed by atoms with E-state index in [4.69, 9.17) is 58.0 Å². The summed E-state index contributed by atoms with van der Waals surface area (Å²) in [5.41, 5.74) is 0.529. The van der Waals surface area contributed by atoms with Crippen molar-refractivity contribution >= 4 is 85.5 Å². The van der Waals surface area contributed by atoms with Gasteiger partial charge in [-0.3, -0.25) is 13.9 Å². The van der Waals surface area contributed by atoms with Crippen molar-refractivity contribution in [2.45, 2.75) is 57.7 Å². The molecule has 1 aliphatic rings. The summed E-state index contributed by atoms with van der Waals surface area (Å²) in [6.07, 6.45) is 5.85. The Hall–Kier alpha value is -1.42. The normalized spacial score (nSPS) is 15.1. The minimum Gasteiger partial charge on any atom is -0.352 e. The number of nitrogens with one attached hydrogen (secondary N) is 1. The zero-order valence-corrected chi connectivity index (χ0v) is 25.4. The number of hydrogen-bond donors (Lipinski definition) is 1. The van der Waals surface area contributed by atoms with E-state index in [2.05, 4.69) is 5.32 Å². The highest BCUT2D eigenvalue weighted by Crippen LogP contribution is 2.36. The van der Waals surface area contributed by atoms with Crippen LogP contribution in [-0.2, 0) is 26.2 Å². The van der Waals surface area contributed by atoms with E-state index in [0.29, 0.717) is 15.6 Å². The second-order valence-corrected chi connectivity index (χ2v) is 13.2. The van der Waals surface area contributed by atoms with Gasteiger partial charge in [0.05, 0.1) is 27.0 Å². The molecule has 0 saturated heterocycles. The number of sulfonamides is 1. The van der Waals surface area contributed by atoms with Gasteiger partial charge in [-0.1, -0.05) is 83.3 Å². The molecule has 1 N–H and O–H groups in total. The van der Waals surface area contributed by atoms with Gasteiger partial charge in [0.1, 0.15) is 12.6 Å². The highest BCUT2D eigenvalue weighted by atomic mass is 35.5. The summed E-state index contributed by atoms with van der Waals surface area (Å²) < 4.78 is 26.4. The van der Waals surface area contributed by atoms with Gasteiger partial charge >= 0.3 is 0 Å².